The lowest BCUT2D eigenvalue weighted by molar-refractivity contribution is -0.139. The summed E-state index contributed by atoms with van der Waals surface area (Å²) in [4.78, 5) is 17.2. The highest BCUT2D eigenvalue weighted by molar-refractivity contribution is 5.82. The maximum atomic E-state index is 12.8. The molecular weight excluding hydrogens is 336 g/mol. The van der Waals surface area contributed by atoms with Gasteiger partial charge in [-0.1, -0.05) is 56.3 Å². The van der Waals surface area contributed by atoms with Crippen LogP contribution in [-0.4, -0.2) is 48.0 Å². The van der Waals surface area contributed by atoms with E-state index in [2.05, 4.69) is 43.0 Å². The molecule has 2 aliphatic rings. The Morgan fingerprint density at radius 2 is 1.74 bits per heavy atom. The van der Waals surface area contributed by atoms with E-state index in [9.17, 15) is 4.79 Å². The Morgan fingerprint density at radius 1 is 1.04 bits per heavy atom. The predicted molar refractivity (Wildman–Crippen MR) is 107 cm³/mol. The van der Waals surface area contributed by atoms with Gasteiger partial charge < -0.3 is 9.64 Å². The molecular formula is C23H28N2O2. The minimum Gasteiger partial charge on any atom is -0.480 e. The topological polar surface area (TPSA) is 32.8 Å². The lowest BCUT2D eigenvalue weighted by Crippen LogP contribution is -2.51. The van der Waals surface area contributed by atoms with Gasteiger partial charge in [-0.15, -0.1) is 0 Å². The van der Waals surface area contributed by atoms with Gasteiger partial charge in [0.25, 0.3) is 5.91 Å². The molecule has 4 rings (SSSR count). The molecule has 142 valence electrons. The molecule has 0 saturated carbocycles. The molecule has 4 nitrogen and oxygen atoms in total. The molecule has 2 aromatic rings. The molecule has 2 aliphatic heterocycles. The molecule has 1 atom stereocenters. The van der Waals surface area contributed by atoms with Crippen molar-refractivity contribution in [1.82, 2.24) is 9.80 Å². The molecule has 0 bridgehead atoms. The lowest BCUT2D eigenvalue weighted by Gasteiger charge is -2.35. The summed E-state index contributed by atoms with van der Waals surface area (Å²) in [6, 6.07) is 16.9. The molecule has 0 aromatic heterocycles. The van der Waals surface area contributed by atoms with Crippen LogP contribution < -0.4 is 4.74 Å². The summed E-state index contributed by atoms with van der Waals surface area (Å²) in [6.45, 7) is 8.77. The third-order valence-corrected chi connectivity index (χ3v) is 5.66. The van der Waals surface area contributed by atoms with E-state index in [4.69, 9.17) is 4.74 Å². The molecule has 0 N–H and O–H groups in total. The number of piperazine rings is 1. The number of carbonyl (C=O) groups is 1. The van der Waals surface area contributed by atoms with Crippen LogP contribution in [0.25, 0.3) is 0 Å². The van der Waals surface area contributed by atoms with Crippen molar-refractivity contribution in [1.29, 1.82) is 0 Å². The molecule has 2 heterocycles. The molecule has 27 heavy (non-hydrogen) atoms. The Balaban J connectivity index is 1.28. The summed E-state index contributed by atoms with van der Waals surface area (Å²) in [7, 11) is 0. The second kappa shape index (κ2) is 7.73. The molecule has 1 amide bonds. The summed E-state index contributed by atoms with van der Waals surface area (Å²) in [5, 5.41) is 0. The fraction of sp³-hybridized carbons (Fsp3) is 0.435. The van der Waals surface area contributed by atoms with Crippen LogP contribution in [0.5, 0.6) is 5.75 Å². The third kappa shape index (κ3) is 4.01. The van der Waals surface area contributed by atoms with Crippen molar-refractivity contribution in [2.45, 2.75) is 38.8 Å². The highest BCUT2D eigenvalue weighted by Gasteiger charge is 2.33. The number of para-hydroxylation sites is 1. The Hall–Kier alpha value is -2.33. The molecule has 1 saturated heterocycles. The summed E-state index contributed by atoms with van der Waals surface area (Å²) in [6.07, 6.45) is 0.342. The standard InChI is InChI=1S/C23H28N2O2/c1-17(2)19-9-7-18(8-10-19)16-24-11-13-25(14-12-24)23(26)22-15-20-5-3-4-6-21(20)27-22/h3-10,17,22H,11-16H2,1-2H3. The van der Waals surface area contributed by atoms with Crippen LogP contribution in [-0.2, 0) is 17.8 Å². The number of rotatable bonds is 4. The summed E-state index contributed by atoms with van der Waals surface area (Å²) in [5.41, 5.74) is 3.86. The van der Waals surface area contributed by atoms with Gasteiger partial charge in [0.15, 0.2) is 6.10 Å². The first-order valence-corrected chi connectivity index (χ1v) is 9.94. The minimum absolute atomic E-state index is 0.132. The first-order valence-electron chi connectivity index (χ1n) is 9.94. The Kier molecular flexibility index (Phi) is 5.17. The van der Waals surface area contributed by atoms with E-state index in [1.165, 1.54) is 11.1 Å². The third-order valence-electron chi connectivity index (χ3n) is 5.66. The number of amides is 1. The van der Waals surface area contributed by atoms with E-state index in [1.807, 2.05) is 29.2 Å². The van der Waals surface area contributed by atoms with Crippen molar-refractivity contribution in [2.24, 2.45) is 0 Å². The normalized spacial score (nSPS) is 19.8. The average molecular weight is 364 g/mol. The monoisotopic (exact) mass is 364 g/mol. The fourth-order valence-corrected chi connectivity index (χ4v) is 3.92. The van der Waals surface area contributed by atoms with Gasteiger partial charge in [-0.05, 0) is 28.7 Å². The molecule has 0 aliphatic carbocycles. The zero-order valence-electron chi connectivity index (χ0n) is 16.2. The SMILES string of the molecule is CC(C)c1ccc(CN2CCN(C(=O)C3Cc4ccccc4O3)CC2)cc1. The van der Waals surface area contributed by atoms with Crippen LogP contribution in [0.2, 0.25) is 0 Å². The minimum atomic E-state index is -0.350. The van der Waals surface area contributed by atoms with Gasteiger partial charge in [0.05, 0.1) is 0 Å². The molecule has 1 unspecified atom stereocenters. The lowest BCUT2D eigenvalue weighted by atomic mass is 10.0. The largest absolute Gasteiger partial charge is 0.480 e. The number of benzene rings is 2. The Morgan fingerprint density at radius 3 is 2.41 bits per heavy atom. The summed E-state index contributed by atoms with van der Waals surface area (Å²) in [5.74, 6) is 1.56. The highest BCUT2D eigenvalue weighted by Crippen LogP contribution is 2.29. The smallest absolute Gasteiger partial charge is 0.264 e. The van der Waals surface area contributed by atoms with Crippen molar-refractivity contribution >= 4 is 5.91 Å². The van der Waals surface area contributed by atoms with Gasteiger partial charge in [-0.3, -0.25) is 9.69 Å². The molecule has 0 spiro atoms. The average Bonchev–Trinajstić information content (AvgIpc) is 3.13. The maximum absolute atomic E-state index is 12.8. The van der Waals surface area contributed by atoms with Crippen molar-refractivity contribution in [3.8, 4) is 5.75 Å². The van der Waals surface area contributed by atoms with E-state index < -0.39 is 0 Å². The van der Waals surface area contributed by atoms with Crippen LogP contribution >= 0.6 is 0 Å². The second-order valence-corrected chi connectivity index (χ2v) is 7.92. The quantitative estimate of drug-likeness (QED) is 0.833. The van der Waals surface area contributed by atoms with Crippen LogP contribution in [0.15, 0.2) is 48.5 Å². The van der Waals surface area contributed by atoms with Gasteiger partial charge in [-0.2, -0.15) is 0 Å². The number of nitrogens with zero attached hydrogens (tertiary/aromatic N) is 2. The number of hydrogen-bond donors (Lipinski definition) is 0. The molecule has 0 radical (unpaired) electrons. The zero-order chi connectivity index (χ0) is 18.8. The summed E-state index contributed by atoms with van der Waals surface area (Å²) < 4.78 is 5.87. The van der Waals surface area contributed by atoms with E-state index in [0.717, 1.165) is 44.0 Å². The summed E-state index contributed by atoms with van der Waals surface area (Å²) >= 11 is 0. The van der Waals surface area contributed by atoms with Crippen molar-refractivity contribution < 1.29 is 9.53 Å². The van der Waals surface area contributed by atoms with E-state index in [0.29, 0.717) is 12.3 Å². The Labute approximate surface area is 161 Å². The number of fused-ring (bicyclic) bond motifs is 1. The highest BCUT2D eigenvalue weighted by atomic mass is 16.5. The van der Waals surface area contributed by atoms with Gasteiger partial charge in [0.1, 0.15) is 5.75 Å². The predicted octanol–water partition coefficient (Wildman–Crippen LogP) is 3.46. The molecule has 1 fully saturated rings. The molecule has 4 heteroatoms. The van der Waals surface area contributed by atoms with Gasteiger partial charge in [0, 0.05) is 39.1 Å². The number of carbonyl (C=O) groups excluding carboxylic acids is 1. The van der Waals surface area contributed by atoms with Gasteiger partial charge in [0.2, 0.25) is 0 Å². The molecule has 2 aromatic carbocycles. The fourth-order valence-electron chi connectivity index (χ4n) is 3.92. The number of hydrogen-bond acceptors (Lipinski definition) is 3. The van der Waals surface area contributed by atoms with E-state index >= 15 is 0 Å². The van der Waals surface area contributed by atoms with Gasteiger partial charge >= 0.3 is 0 Å². The van der Waals surface area contributed by atoms with E-state index in [-0.39, 0.29) is 12.0 Å². The Bertz CT molecular complexity index is 767. The van der Waals surface area contributed by atoms with E-state index in [1.54, 1.807) is 0 Å². The zero-order valence-corrected chi connectivity index (χ0v) is 16.2. The van der Waals surface area contributed by atoms with Crippen molar-refractivity contribution in [2.75, 3.05) is 26.2 Å². The van der Waals surface area contributed by atoms with Crippen molar-refractivity contribution in [3.63, 3.8) is 0 Å². The maximum Gasteiger partial charge on any atom is 0.264 e. The van der Waals surface area contributed by atoms with Gasteiger partial charge in [-0.25, -0.2) is 0 Å². The van der Waals surface area contributed by atoms with Crippen LogP contribution in [0.1, 0.15) is 36.5 Å². The second-order valence-electron chi connectivity index (χ2n) is 7.92. The van der Waals surface area contributed by atoms with Crippen LogP contribution in [0.4, 0.5) is 0 Å². The first kappa shape index (κ1) is 18.1. The number of ether oxygens (including phenoxy) is 1. The van der Waals surface area contributed by atoms with Crippen molar-refractivity contribution in [3.05, 3.63) is 65.2 Å². The van der Waals surface area contributed by atoms with Crippen LogP contribution in [0, 0.1) is 0 Å². The first-order chi connectivity index (χ1) is 13.1. The van der Waals surface area contributed by atoms with Crippen LogP contribution in [0.3, 0.4) is 0 Å².